The Bertz CT molecular complexity index is 763. The quantitative estimate of drug-likeness (QED) is 0.624. The maximum absolute atomic E-state index is 12.0. The van der Waals surface area contributed by atoms with Gasteiger partial charge in [0.1, 0.15) is 15.2 Å². The van der Waals surface area contributed by atoms with Gasteiger partial charge in [-0.1, -0.05) is 5.21 Å². The number of sulfone groups is 1. The third kappa shape index (κ3) is 3.39. The van der Waals surface area contributed by atoms with E-state index < -0.39 is 9.84 Å². The summed E-state index contributed by atoms with van der Waals surface area (Å²) in [6.45, 7) is 1.10. The molecule has 0 spiro atoms. The standard InChI is InChI=1S/C10H16N6O3S/c1-15-9-8(7-12-15)10(17)16(14-13-9)5-3-11-4-6-20(2,18)19/h7,11H,3-6H2,1-2H3. The average Bonchev–Trinajstić information content (AvgIpc) is 2.73. The Hall–Kier alpha value is -1.81. The summed E-state index contributed by atoms with van der Waals surface area (Å²) in [5.41, 5.74) is 0.185. The van der Waals surface area contributed by atoms with Crippen LogP contribution >= 0.6 is 0 Å². The summed E-state index contributed by atoms with van der Waals surface area (Å²) in [7, 11) is -1.29. The molecule has 2 rings (SSSR count). The first-order chi connectivity index (χ1) is 9.38. The molecule has 0 atom stereocenters. The zero-order valence-corrected chi connectivity index (χ0v) is 12.1. The largest absolute Gasteiger partial charge is 0.314 e. The zero-order chi connectivity index (χ0) is 14.8. The van der Waals surface area contributed by atoms with E-state index in [1.54, 1.807) is 7.05 Å². The van der Waals surface area contributed by atoms with Gasteiger partial charge in [-0.15, -0.1) is 5.10 Å². The maximum Gasteiger partial charge on any atom is 0.280 e. The highest BCUT2D eigenvalue weighted by Gasteiger charge is 2.09. The molecule has 9 nitrogen and oxygen atoms in total. The lowest BCUT2D eigenvalue weighted by Gasteiger charge is -2.05. The van der Waals surface area contributed by atoms with Crippen LogP contribution in [0.2, 0.25) is 0 Å². The Balaban J connectivity index is 1.97. The normalized spacial score (nSPS) is 12.1. The van der Waals surface area contributed by atoms with E-state index in [2.05, 4.69) is 20.7 Å². The Morgan fingerprint density at radius 3 is 2.80 bits per heavy atom. The van der Waals surface area contributed by atoms with Crippen LogP contribution in [0.15, 0.2) is 11.0 Å². The van der Waals surface area contributed by atoms with Crippen LogP contribution < -0.4 is 10.9 Å². The molecule has 0 aliphatic carbocycles. The van der Waals surface area contributed by atoms with Crippen molar-refractivity contribution in [2.45, 2.75) is 6.54 Å². The van der Waals surface area contributed by atoms with Gasteiger partial charge in [0.15, 0.2) is 5.65 Å². The van der Waals surface area contributed by atoms with Gasteiger partial charge < -0.3 is 5.32 Å². The molecular formula is C10H16N6O3S. The van der Waals surface area contributed by atoms with Gasteiger partial charge in [-0.25, -0.2) is 17.8 Å². The SMILES string of the molecule is Cn1ncc2c(=O)n(CCNCCS(C)(=O)=O)nnc21. The number of aryl methyl sites for hydroxylation is 1. The van der Waals surface area contributed by atoms with E-state index in [-0.39, 0.29) is 11.3 Å². The molecule has 0 bridgehead atoms. The second-order valence-corrected chi connectivity index (χ2v) is 6.76. The van der Waals surface area contributed by atoms with Crippen LogP contribution in [0.25, 0.3) is 11.0 Å². The van der Waals surface area contributed by atoms with Crippen molar-refractivity contribution in [3.63, 3.8) is 0 Å². The monoisotopic (exact) mass is 300 g/mol. The smallest absolute Gasteiger partial charge is 0.280 e. The summed E-state index contributed by atoms with van der Waals surface area (Å²) >= 11 is 0. The summed E-state index contributed by atoms with van der Waals surface area (Å²) in [5.74, 6) is 0.0647. The molecule has 10 heteroatoms. The summed E-state index contributed by atoms with van der Waals surface area (Å²) in [6.07, 6.45) is 2.64. The number of fused-ring (bicyclic) bond motifs is 1. The lowest BCUT2D eigenvalue weighted by Crippen LogP contribution is -2.31. The van der Waals surface area contributed by atoms with Crippen LogP contribution in [-0.2, 0) is 23.4 Å². The topological polar surface area (TPSA) is 112 Å². The minimum absolute atomic E-state index is 0.0647. The predicted molar refractivity (Wildman–Crippen MR) is 73.1 cm³/mol. The van der Waals surface area contributed by atoms with Gasteiger partial charge in [0, 0.05) is 26.4 Å². The van der Waals surface area contributed by atoms with Crippen molar-refractivity contribution in [2.24, 2.45) is 7.05 Å². The summed E-state index contributed by atoms with van der Waals surface area (Å²) in [4.78, 5) is 12.0. The van der Waals surface area contributed by atoms with Gasteiger partial charge in [-0.3, -0.25) is 4.79 Å². The number of rotatable bonds is 6. The average molecular weight is 300 g/mol. The summed E-state index contributed by atoms with van der Waals surface area (Å²) < 4.78 is 24.6. The van der Waals surface area contributed by atoms with Gasteiger partial charge in [-0.05, 0) is 0 Å². The van der Waals surface area contributed by atoms with E-state index >= 15 is 0 Å². The van der Waals surface area contributed by atoms with Gasteiger partial charge >= 0.3 is 0 Å². The highest BCUT2D eigenvalue weighted by molar-refractivity contribution is 7.90. The van der Waals surface area contributed by atoms with Crippen molar-refractivity contribution in [3.8, 4) is 0 Å². The van der Waals surface area contributed by atoms with Crippen molar-refractivity contribution < 1.29 is 8.42 Å². The molecule has 0 radical (unpaired) electrons. The molecule has 2 heterocycles. The first-order valence-electron chi connectivity index (χ1n) is 6.02. The van der Waals surface area contributed by atoms with E-state index in [1.165, 1.54) is 21.8 Å². The fourth-order valence-corrected chi connectivity index (χ4v) is 2.21. The lowest BCUT2D eigenvalue weighted by molar-refractivity contribution is 0.517. The molecule has 0 aliphatic rings. The Kier molecular flexibility index (Phi) is 4.14. The third-order valence-electron chi connectivity index (χ3n) is 2.77. The second kappa shape index (κ2) is 5.67. The molecule has 1 N–H and O–H groups in total. The maximum atomic E-state index is 12.0. The first-order valence-corrected chi connectivity index (χ1v) is 8.08. The number of hydrogen-bond donors (Lipinski definition) is 1. The van der Waals surface area contributed by atoms with Crippen LogP contribution in [-0.4, -0.2) is 58.3 Å². The van der Waals surface area contributed by atoms with Crippen molar-refractivity contribution >= 4 is 20.9 Å². The van der Waals surface area contributed by atoms with Crippen LogP contribution in [0.4, 0.5) is 0 Å². The summed E-state index contributed by atoms with van der Waals surface area (Å²) in [6, 6.07) is 0. The Morgan fingerprint density at radius 2 is 2.10 bits per heavy atom. The van der Waals surface area contributed by atoms with Crippen LogP contribution in [0.1, 0.15) is 0 Å². The van der Waals surface area contributed by atoms with Crippen LogP contribution in [0.5, 0.6) is 0 Å². The van der Waals surface area contributed by atoms with Crippen molar-refractivity contribution in [2.75, 3.05) is 25.1 Å². The van der Waals surface area contributed by atoms with E-state index in [9.17, 15) is 13.2 Å². The van der Waals surface area contributed by atoms with Crippen molar-refractivity contribution in [1.82, 2.24) is 30.1 Å². The van der Waals surface area contributed by atoms with E-state index in [1.807, 2.05) is 0 Å². The predicted octanol–water partition coefficient (Wildman–Crippen LogP) is -1.84. The molecule has 0 unspecified atom stereocenters. The Labute approximate surface area is 115 Å². The summed E-state index contributed by atoms with van der Waals surface area (Å²) in [5, 5.41) is 15.1. The molecular weight excluding hydrogens is 284 g/mol. The Morgan fingerprint density at radius 1 is 1.35 bits per heavy atom. The van der Waals surface area contributed by atoms with Crippen molar-refractivity contribution in [3.05, 3.63) is 16.6 Å². The van der Waals surface area contributed by atoms with Gasteiger partial charge in [0.05, 0.1) is 18.5 Å². The molecule has 0 fully saturated rings. The van der Waals surface area contributed by atoms with E-state index in [0.717, 1.165) is 0 Å². The van der Waals surface area contributed by atoms with Gasteiger partial charge in [0.2, 0.25) is 0 Å². The van der Waals surface area contributed by atoms with Crippen LogP contribution in [0, 0.1) is 0 Å². The van der Waals surface area contributed by atoms with E-state index in [0.29, 0.717) is 30.7 Å². The molecule has 2 aromatic rings. The fraction of sp³-hybridized carbons (Fsp3) is 0.600. The van der Waals surface area contributed by atoms with Crippen molar-refractivity contribution in [1.29, 1.82) is 0 Å². The minimum atomic E-state index is -2.97. The minimum Gasteiger partial charge on any atom is -0.314 e. The second-order valence-electron chi connectivity index (χ2n) is 4.50. The highest BCUT2D eigenvalue weighted by atomic mass is 32.2. The van der Waals surface area contributed by atoms with E-state index in [4.69, 9.17) is 0 Å². The van der Waals surface area contributed by atoms with Gasteiger partial charge in [-0.2, -0.15) is 5.10 Å². The fourth-order valence-electron chi connectivity index (χ4n) is 1.69. The molecule has 0 aromatic carbocycles. The molecule has 0 amide bonds. The number of hydrogen-bond acceptors (Lipinski definition) is 7. The van der Waals surface area contributed by atoms with Crippen LogP contribution in [0.3, 0.4) is 0 Å². The zero-order valence-electron chi connectivity index (χ0n) is 11.3. The molecule has 20 heavy (non-hydrogen) atoms. The lowest BCUT2D eigenvalue weighted by atomic mass is 10.4. The third-order valence-corrected chi connectivity index (χ3v) is 3.72. The highest BCUT2D eigenvalue weighted by Crippen LogP contribution is 2.01. The molecule has 0 saturated heterocycles. The number of nitrogens with one attached hydrogen (secondary N) is 1. The molecule has 0 saturated carbocycles. The molecule has 0 aliphatic heterocycles. The van der Waals surface area contributed by atoms with Gasteiger partial charge in [0.25, 0.3) is 5.56 Å². The molecule has 2 aromatic heterocycles. The first kappa shape index (κ1) is 14.6. The molecule has 110 valence electrons. The number of aromatic nitrogens is 5. The number of nitrogens with zero attached hydrogens (tertiary/aromatic N) is 5.